The molecule has 0 amide bonds. The molecule has 2 aromatic rings. The van der Waals surface area contributed by atoms with Gasteiger partial charge in [-0.05, 0) is 31.5 Å². The van der Waals surface area contributed by atoms with Crippen molar-refractivity contribution in [3.05, 3.63) is 65.5 Å². The summed E-state index contributed by atoms with van der Waals surface area (Å²) in [4.78, 5) is 8.91. The molecule has 0 aliphatic rings. The molecular formula is C15H16N2. The van der Waals surface area contributed by atoms with Gasteiger partial charge >= 0.3 is 0 Å². The quantitative estimate of drug-likeness (QED) is 0.732. The predicted molar refractivity (Wildman–Crippen MR) is 71.4 cm³/mol. The predicted octanol–water partition coefficient (Wildman–Crippen LogP) is 3.57. The molecule has 0 fully saturated rings. The molecule has 2 nitrogen and oxygen atoms in total. The number of hydrogen-bond acceptors (Lipinski definition) is 2. The molecule has 0 aliphatic carbocycles. The lowest BCUT2D eigenvalue weighted by atomic mass is 10.1. The van der Waals surface area contributed by atoms with Crippen LogP contribution in [0.25, 0.3) is 0 Å². The summed E-state index contributed by atoms with van der Waals surface area (Å²) in [6.45, 7) is 4.07. The average molecular weight is 224 g/mol. The van der Waals surface area contributed by atoms with E-state index >= 15 is 0 Å². The molecule has 0 unspecified atom stereocenters. The van der Waals surface area contributed by atoms with Gasteiger partial charge in [-0.1, -0.05) is 36.4 Å². The van der Waals surface area contributed by atoms with Gasteiger partial charge in [0.25, 0.3) is 0 Å². The lowest BCUT2D eigenvalue weighted by molar-refractivity contribution is 0.824. The van der Waals surface area contributed by atoms with Gasteiger partial charge in [0.05, 0.1) is 11.7 Å². The fourth-order valence-electron chi connectivity index (χ4n) is 1.64. The number of nitrogens with zero attached hydrogens (tertiary/aromatic N) is 2. The SMILES string of the molecule is Cc1cccc(C=N[C@H](C)c2ccccc2)n1. The first-order valence-electron chi connectivity index (χ1n) is 5.77. The monoisotopic (exact) mass is 224 g/mol. The molecular weight excluding hydrogens is 208 g/mol. The summed E-state index contributed by atoms with van der Waals surface area (Å²) in [5.41, 5.74) is 3.14. The zero-order valence-electron chi connectivity index (χ0n) is 10.2. The number of aliphatic imine (C=N–C) groups is 1. The van der Waals surface area contributed by atoms with E-state index in [0.29, 0.717) is 0 Å². The number of hydrogen-bond donors (Lipinski definition) is 0. The molecule has 1 aromatic carbocycles. The minimum Gasteiger partial charge on any atom is -0.283 e. The second kappa shape index (κ2) is 5.39. The average Bonchev–Trinajstić information content (AvgIpc) is 2.37. The van der Waals surface area contributed by atoms with Gasteiger partial charge in [0.2, 0.25) is 0 Å². The topological polar surface area (TPSA) is 25.2 Å². The van der Waals surface area contributed by atoms with E-state index in [-0.39, 0.29) is 6.04 Å². The van der Waals surface area contributed by atoms with Gasteiger partial charge in [0.15, 0.2) is 0 Å². The molecule has 0 saturated carbocycles. The van der Waals surface area contributed by atoms with E-state index in [1.54, 1.807) is 0 Å². The third-order valence-corrected chi connectivity index (χ3v) is 2.62. The summed E-state index contributed by atoms with van der Waals surface area (Å²) in [6.07, 6.45) is 1.84. The fourth-order valence-corrected chi connectivity index (χ4v) is 1.64. The van der Waals surface area contributed by atoms with Crippen LogP contribution in [0.5, 0.6) is 0 Å². The zero-order valence-corrected chi connectivity index (χ0v) is 10.2. The van der Waals surface area contributed by atoms with E-state index in [1.165, 1.54) is 5.56 Å². The van der Waals surface area contributed by atoms with Gasteiger partial charge < -0.3 is 0 Å². The van der Waals surface area contributed by atoms with Crippen LogP contribution >= 0.6 is 0 Å². The lowest BCUT2D eigenvalue weighted by Gasteiger charge is -2.05. The van der Waals surface area contributed by atoms with Crippen LogP contribution < -0.4 is 0 Å². The Morgan fingerprint density at radius 2 is 1.82 bits per heavy atom. The first kappa shape index (κ1) is 11.5. The minimum atomic E-state index is 0.165. The standard InChI is InChI=1S/C15H16N2/c1-12-7-6-10-15(17-12)11-16-13(2)14-8-4-3-5-9-14/h3-11,13H,1-2H3/t13-/m1/s1. The Bertz CT molecular complexity index is 503. The Morgan fingerprint density at radius 3 is 2.53 bits per heavy atom. The Labute approximate surface area is 102 Å². The van der Waals surface area contributed by atoms with Crippen molar-refractivity contribution in [1.82, 2.24) is 4.98 Å². The van der Waals surface area contributed by atoms with E-state index in [1.807, 2.05) is 49.5 Å². The van der Waals surface area contributed by atoms with Crippen molar-refractivity contribution in [2.45, 2.75) is 19.9 Å². The molecule has 0 spiro atoms. The molecule has 17 heavy (non-hydrogen) atoms. The molecule has 0 saturated heterocycles. The van der Waals surface area contributed by atoms with Gasteiger partial charge in [-0.25, -0.2) is 0 Å². The normalized spacial score (nSPS) is 12.8. The Morgan fingerprint density at radius 1 is 1.06 bits per heavy atom. The van der Waals surface area contributed by atoms with Gasteiger partial charge in [-0.15, -0.1) is 0 Å². The maximum Gasteiger partial charge on any atom is 0.0811 e. The van der Waals surface area contributed by atoms with Crippen molar-refractivity contribution < 1.29 is 0 Å². The van der Waals surface area contributed by atoms with Gasteiger partial charge in [0, 0.05) is 11.9 Å². The Balaban J connectivity index is 2.11. The summed E-state index contributed by atoms with van der Waals surface area (Å²) in [6, 6.07) is 16.4. The van der Waals surface area contributed by atoms with Crippen LogP contribution in [0.15, 0.2) is 53.5 Å². The zero-order chi connectivity index (χ0) is 12.1. The lowest BCUT2D eigenvalue weighted by Crippen LogP contribution is -1.93. The minimum absolute atomic E-state index is 0.165. The molecule has 1 aromatic heterocycles. The van der Waals surface area contributed by atoms with Crippen LogP contribution in [0.3, 0.4) is 0 Å². The molecule has 1 heterocycles. The largest absolute Gasteiger partial charge is 0.283 e. The number of rotatable bonds is 3. The van der Waals surface area contributed by atoms with Crippen molar-refractivity contribution in [2.75, 3.05) is 0 Å². The maximum absolute atomic E-state index is 4.52. The number of aryl methyl sites for hydroxylation is 1. The van der Waals surface area contributed by atoms with Gasteiger partial charge in [0.1, 0.15) is 0 Å². The van der Waals surface area contributed by atoms with Crippen LogP contribution in [0.1, 0.15) is 29.9 Å². The highest BCUT2D eigenvalue weighted by atomic mass is 14.8. The summed E-state index contributed by atoms with van der Waals surface area (Å²) in [5, 5.41) is 0. The van der Waals surface area contributed by atoms with E-state index in [0.717, 1.165) is 11.4 Å². The van der Waals surface area contributed by atoms with E-state index in [9.17, 15) is 0 Å². The van der Waals surface area contributed by atoms with Crippen molar-refractivity contribution in [2.24, 2.45) is 4.99 Å². The summed E-state index contributed by atoms with van der Waals surface area (Å²) in [7, 11) is 0. The molecule has 0 radical (unpaired) electrons. The molecule has 1 atom stereocenters. The van der Waals surface area contributed by atoms with E-state index < -0.39 is 0 Å². The molecule has 0 N–H and O–H groups in total. The van der Waals surface area contributed by atoms with E-state index in [2.05, 4.69) is 29.0 Å². The Hall–Kier alpha value is -1.96. The van der Waals surface area contributed by atoms with Crippen LogP contribution in [0.2, 0.25) is 0 Å². The van der Waals surface area contributed by atoms with Gasteiger partial charge in [-0.2, -0.15) is 0 Å². The number of aromatic nitrogens is 1. The van der Waals surface area contributed by atoms with E-state index in [4.69, 9.17) is 0 Å². The smallest absolute Gasteiger partial charge is 0.0811 e. The summed E-state index contributed by atoms with van der Waals surface area (Å²) in [5.74, 6) is 0. The van der Waals surface area contributed by atoms with Crippen molar-refractivity contribution in [3.63, 3.8) is 0 Å². The van der Waals surface area contributed by atoms with Crippen LogP contribution in [0, 0.1) is 6.92 Å². The second-order valence-electron chi connectivity index (χ2n) is 4.07. The van der Waals surface area contributed by atoms with Crippen LogP contribution in [-0.2, 0) is 0 Å². The highest BCUT2D eigenvalue weighted by molar-refractivity contribution is 5.77. The van der Waals surface area contributed by atoms with Crippen molar-refractivity contribution >= 4 is 6.21 Å². The summed E-state index contributed by atoms with van der Waals surface area (Å²) >= 11 is 0. The third kappa shape index (κ3) is 3.25. The first-order valence-corrected chi connectivity index (χ1v) is 5.77. The highest BCUT2D eigenvalue weighted by Gasteiger charge is 2.00. The molecule has 0 aliphatic heterocycles. The van der Waals surface area contributed by atoms with Crippen LogP contribution in [0.4, 0.5) is 0 Å². The number of pyridine rings is 1. The number of benzene rings is 1. The van der Waals surface area contributed by atoms with Gasteiger partial charge in [-0.3, -0.25) is 9.98 Å². The van der Waals surface area contributed by atoms with Crippen molar-refractivity contribution in [3.8, 4) is 0 Å². The fraction of sp³-hybridized carbons (Fsp3) is 0.200. The second-order valence-corrected chi connectivity index (χ2v) is 4.07. The maximum atomic E-state index is 4.52. The summed E-state index contributed by atoms with van der Waals surface area (Å²) < 4.78 is 0. The molecule has 2 rings (SSSR count). The Kier molecular flexibility index (Phi) is 3.66. The van der Waals surface area contributed by atoms with Crippen LogP contribution in [-0.4, -0.2) is 11.2 Å². The molecule has 0 bridgehead atoms. The molecule has 86 valence electrons. The highest BCUT2D eigenvalue weighted by Crippen LogP contribution is 2.15. The first-order chi connectivity index (χ1) is 8.25. The van der Waals surface area contributed by atoms with Crippen molar-refractivity contribution in [1.29, 1.82) is 0 Å². The molecule has 2 heteroatoms. The third-order valence-electron chi connectivity index (χ3n) is 2.62.